The van der Waals surface area contributed by atoms with Crippen LogP contribution in [0.25, 0.3) is 0 Å². The van der Waals surface area contributed by atoms with Crippen molar-refractivity contribution in [3.05, 3.63) is 23.8 Å². The summed E-state index contributed by atoms with van der Waals surface area (Å²) in [4.78, 5) is 1.25. The molecule has 1 aromatic carbocycles. The number of benzene rings is 1. The Kier molecular flexibility index (Phi) is 4.12. The van der Waals surface area contributed by atoms with E-state index in [1.165, 1.54) is 10.5 Å². The van der Waals surface area contributed by atoms with Gasteiger partial charge in [0.05, 0.1) is 7.11 Å². The Morgan fingerprint density at radius 2 is 2.23 bits per heavy atom. The number of methoxy groups -OCH3 is 1. The zero-order valence-corrected chi connectivity index (χ0v) is 8.86. The summed E-state index contributed by atoms with van der Waals surface area (Å²) >= 11 is 1.73. The molecule has 0 bridgehead atoms. The van der Waals surface area contributed by atoms with Crippen LogP contribution in [0.15, 0.2) is 23.1 Å². The van der Waals surface area contributed by atoms with E-state index in [1.54, 1.807) is 18.9 Å². The molecule has 2 N–H and O–H groups in total. The lowest BCUT2D eigenvalue weighted by atomic mass is 10.1. The minimum Gasteiger partial charge on any atom is -0.496 e. The fraction of sp³-hybridized carbons (Fsp3) is 0.400. The summed E-state index contributed by atoms with van der Waals surface area (Å²) in [6.07, 6.45) is 2.94. The molecule has 0 unspecified atom stereocenters. The number of nitrogens with two attached hydrogens (primary N) is 1. The molecule has 0 heterocycles. The highest BCUT2D eigenvalue weighted by Gasteiger charge is 2.06. The van der Waals surface area contributed by atoms with Crippen LogP contribution in [0.3, 0.4) is 0 Å². The molecule has 0 atom stereocenters. The summed E-state index contributed by atoms with van der Waals surface area (Å²) in [5.74, 6) is 0.942. The van der Waals surface area contributed by atoms with E-state index < -0.39 is 0 Å². The summed E-state index contributed by atoms with van der Waals surface area (Å²) in [6.45, 7) is 0.661. The normalized spacial score (nSPS) is 10.1. The molecule has 1 rings (SSSR count). The molecule has 0 saturated carbocycles. The van der Waals surface area contributed by atoms with Crippen LogP contribution in [0.5, 0.6) is 5.75 Å². The van der Waals surface area contributed by atoms with Crippen molar-refractivity contribution in [2.45, 2.75) is 11.3 Å². The van der Waals surface area contributed by atoms with E-state index in [4.69, 9.17) is 10.5 Å². The van der Waals surface area contributed by atoms with Gasteiger partial charge in [0.25, 0.3) is 0 Å². The van der Waals surface area contributed by atoms with Crippen LogP contribution in [0, 0.1) is 0 Å². The SMILES string of the molecule is COc1cccc(SC)c1CCN. The van der Waals surface area contributed by atoms with E-state index in [0.717, 1.165) is 12.2 Å². The maximum Gasteiger partial charge on any atom is 0.123 e. The number of hydrogen-bond donors (Lipinski definition) is 1. The standard InChI is InChI=1S/C10H15NOS/c1-12-9-4-3-5-10(13-2)8(9)6-7-11/h3-5H,6-7,11H2,1-2H3. The third-order valence-electron chi connectivity index (χ3n) is 1.92. The smallest absolute Gasteiger partial charge is 0.123 e. The fourth-order valence-corrected chi connectivity index (χ4v) is 1.98. The molecular weight excluding hydrogens is 182 g/mol. The zero-order valence-electron chi connectivity index (χ0n) is 8.04. The van der Waals surface area contributed by atoms with Crippen LogP contribution in [-0.4, -0.2) is 19.9 Å². The van der Waals surface area contributed by atoms with Gasteiger partial charge in [-0.15, -0.1) is 11.8 Å². The van der Waals surface area contributed by atoms with Gasteiger partial charge in [-0.3, -0.25) is 0 Å². The van der Waals surface area contributed by atoms with Crippen LogP contribution in [0.1, 0.15) is 5.56 Å². The largest absolute Gasteiger partial charge is 0.496 e. The Bertz CT molecular complexity index is 253. The quantitative estimate of drug-likeness (QED) is 0.749. The number of thioether (sulfide) groups is 1. The van der Waals surface area contributed by atoms with E-state index in [2.05, 4.69) is 12.3 Å². The monoisotopic (exact) mass is 197 g/mol. The Morgan fingerprint density at radius 3 is 2.77 bits per heavy atom. The average Bonchev–Trinajstić information content (AvgIpc) is 2.18. The first-order chi connectivity index (χ1) is 6.33. The second-order valence-electron chi connectivity index (χ2n) is 2.68. The van der Waals surface area contributed by atoms with Gasteiger partial charge < -0.3 is 10.5 Å². The number of ether oxygens (including phenoxy) is 1. The number of rotatable bonds is 4. The molecule has 2 nitrogen and oxygen atoms in total. The third kappa shape index (κ3) is 2.39. The second-order valence-corrected chi connectivity index (χ2v) is 3.53. The molecule has 0 saturated heterocycles. The Balaban J connectivity index is 3.05. The van der Waals surface area contributed by atoms with Gasteiger partial charge in [0.2, 0.25) is 0 Å². The predicted octanol–water partition coefficient (Wildman–Crippen LogP) is 1.92. The van der Waals surface area contributed by atoms with Crippen LogP contribution in [0.4, 0.5) is 0 Å². The molecule has 0 aliphatic carbocycles. The molecule has 0 spiro atoms. The van der Waals surface area contributed by atoms with E-state index in [1.807, 2.05) is 12.1 Å². The second kappa shape index (κ2) is 5.14. The summed E-state index contributed by atoms with van der Waals surface area (Å²) in [6, 6.07) is 6.08. The Morgan fingerprint density at radius 1 is 1.46 bits per heavy atom. The van der Waals surface area contributed by atoms with Gasteiger partial charge in [-0.2, -0.15) is 0 Å². The molecule has 1 aromatic rings. The minimum absolute atomic E-state index is 0.661. The van der Waals surface area contributed by atoms with Crippen molar-refractivity contribution in [1.29, 1.82) is 0 Å². The van der Waals surface area contributed by atoms with E-state index in [9.17, 15) is 0 Å². The molecule has 0 amide bonds. The lowest BCUT2D eigenvalue weighted by molar-refractivity contribution is 0.408. The summed E-state index contributed by atoms with van der Waals surface area (Å²) in [5.41, 5.74) is 6.77. The first-order valence-corrected chi connectivity index (χ1v) is 5.46. The van der Waals surface area contributed by atoms with Gasteiger partial charge in [0, 0.05) is 10.5 Å². The maximum atomic E-state index is 5.54. The van der Waals surface area contributed by atoms with Crippen molar-refractivity contribution in [1.82, 2.24) is 0 Å². The molecule has 0 aliphatic rings. The summed E-state index contributed by atoms with van der Waals surface area (Å²) < 4.78 is 5.27. The predicted molar refractivity (Wildman–Crippen MR) is 57.5 cm³/mol. The Hall–Kier alpha value is -0.670. The lowest BCUT2D eigenvalue weighted by Gasteiger charge is -2.11. The van der Waals surface area contributed by atoms with Crippen molar-refractivity contribution in [3.8, 4) is 5.75 Å². The highest BCUT2D eigenvalue weighted by atomic mass is 32.2. The van der Waals surface area contributed by atoms with Crippen molar-refractivity contribution < 1.29 is 4.74 Å². The van der Waals surface area contributed by atoms with Crippen LogP contribution in [0.2, 0.25) is 0 Å². The van der Waals surface area contributed by atoms with Crippen LogP contribution in [-0.2, 0) is 6.42 Å². The topological polar surface area (TPSA) is 35.2 Å². The molecule has 0 aliphatic heterocycles. The average molecular weight is 197 g/mol. The van der Waals surface area contributed by atoms with Gasteiger partial charge in [-0.25, -0.2) is 0 Å². The lowest BCUT2D eigenvalue weighted by Crippen LogP contribution is -2.05. The van der Waals surface area contributed by atoms with Gasteiger partial charge in [-0.1, -0.05) is 6.07 Å². The van der Waals surface area contributed by atoms with Crippen LogP contribution < -0.4 is 10.5 Å². The Labute approximate surface area is 83.5 Å². The zero-order chi connectivity index (χ0) is 9.68. The van der Waals surface area contributed by atoms with E-state index in [-0.39, 0.29) is 0 Å². The van der Waals surface area contributed by atoms with Crippen molar-refractivity contribution in [3.63, 3.8) is 0 Å². The summed E-state index contributed by atoms with van der Waals surface area (Å²) in [5, 5.41) is 0. The van der Waals surface area contributed by atoms with E-state index >= 15 is 0 Å². The van der Waals surface area contributed by atoms with Crippen molar-refractivity contribution in [2.75, 3.05) is 19.9 Å². The summed E-state index contributed by atoms with van der Waals surface area (Å²) in [7, 11) is 1.69. The highest BCUT2D eigenvalue weighted by Crippen LogP contribution is 2.28. The third-order valence-corrected chi connectivity index (χ3v) is 2.75. The highest BCUT2D eigenvalue weighted by molar-refractivity contribution is 7.98. The molecule has 0 radical (unpaired) electrons. The molecular formula is C10H15NOS. The molecule has 3 heteroatoms. The molecule has 13 heavy (non-hydrogen) atoms. The van der Waals surface area contributed by atoms with Gasteiger partial charge >= 0.3 is 0 Å². The van der Waals surface area contributed by atoms with Gasteiger partial charge in [0.15, 0.2) is 0 Å². The van der Waals surface area contributed by atoms with Gasteiger partial charge in [0.1, 0.15) is 5.75 Å². The molecule has 0 fully saturated rings. The maximum absolute atomic E-state index is 5.54. The van der Waals surface area contributed by atoms with Crippen LogP contribution >= 0.6 is 11.8 Å². The first-order valence-electron chi connectivity index (χ1n) is 4.23. The van der Waals surface area contributed by atoms with E-state index in [0.29, 0.717) is 6.54 Å². The fourth-order valence-electron chi connectivity index (χ4n) is 1.32. The molecule has 0 aromatic heterocycles. The first kappa shape index (κ1) is 10.4. The molecule has 72 valence electrons. The van der Waals surface area contributed by atoms with Crippen molar-refractivity contribution in [2.24, 2.45) is 5.73 Å². The van der Waals surface area contributed by atoms with Crippen molar-refractivity contribution >= 4 is 11.8 Å². The minimum atomic E-state index is 0.661. The van der Waals surface area contributed by atoms with Gasteiger partial charge in [-0.05, 0) is 31.4 Å². The number of hydrogen-bond acceptors (Lipinski definition) is 3.